The van der Waals surface area contributed by atoms with Crippen LogP contribution in [0.4, 0.5) is 0 Å². The Morgan fingerprint density at radius 1 is 0.194 bits per heavy atom. The van der Waals surface area contributed by atoms with Crippen LogP contribution in [0.1, 0.15) is 33.4 Å². The number of hydrogen-bond donors (Lipinski definition) is 0. The van der Waals surface area contributed by atoms with Gasteiger partial charge in [0.05, 0.1) is 0 Å². The minimum Gasteiger partial charge on any atom is -0.420 e. The fourth-order valence-corrected chi connectivity index (χ4v) is 29.4. The zero-order chi connectivity index (χ0) is 44.3. The van der Waals surface area contributed by atoms with Gasteiger partial charge in [0.15, 0.2) is 16.6 Å². The minimum absolute atomic E-state index is 0.310. The molecule has 5 aliphatic carbocycles. The summed E-state index contributed by atoms with van der Waals surface area (Å²) >= 11 is 0. The fraction of sp³-hybridized carbons (Fsp3) is 0.147. The molecule has 2 atom stereocenters. The molecule has 4 heteroatoms. The first kappa shape index (κ1) is 29.4. The standard InChI is InChI=1S/C68H22O2Si2/c1-69-71(3,4)7-67-61-53-44-37-24-17-11-12-14-10-9-13(11)22(24)28-26-15(9)19-16(10)27-29-23(14)25-18(12)21-20(17)31-39-32(21)41-38(25)45-43(29)47-34(27)36-30(19)35-33(26)46(42(28)44)57(61)59-48(35)49(36)60-58(47)62-54(45)51(41)56-52(39)55(50(53)40(31)37)63(67)64(56)68(62,66(60)65(59)67)8-72(5,6)70-2/h7-8H2,1-6H3. The van der Waals surface area contributed by atoms with Gasteiger partial charge in [-0.1, -0.05) is 0 Å². The maximum absolute atomic E-state index is 7.08. The molecule has 0 saturated heterocycles. The van der Waals surface area contributed by atoms with Crippen LogP contribution in [0.3, 0.4) is 0 Å². The van der Waals surface area contributed by atoms with Crippen molar-refractivity contribution in [1.29, 1.82) is 0 Å². The van der Waals surface area contributed by atoms with Crippen LogP contribution >= 0.6 is 0 Å². The Balaban J connectivity index is 1.19. The Morgan fingerprint density at radius 3 is 0.472 bits per heavy atom. The molecule has 0 radical (unpaired) electrons. The molecule has 314 valence electrons. The largest absolute Gasteiger partial charge is 0.420 e. The molecule has 32 rings (SSSR count). The van der Waals surface area contributed by atoms with Crippen molar-refractivity contribution in [3.05, 3.63) is 33.4 Å². The maximum atomic E-state index is 7.08. The average Bonchev–Trinajstić information content (AvgIpc) is 4.38. The van der Waals surface area contributed by atoms with Gasteiger partial charge in [0, 0.05) is 25.0 Å². The van der Waals surface area contributed by atoms with Gasteiger partial charge in [-0.15, -0.1) is 0 Å². The monoisotopic (exact) mass is 926 g/mol. The minimum atomic E-state index is -2.36. The van der Waals surface area contributed by atoms with E-state index < -0.39 is 16.6 Å². The van der Waals surface area contributed by atoms with Crippen molar-refractivity contribution in [3.63, 3.8) is 0 Å². The Morgan fingerprint density at radius 2 is 0.306 bits per heavy atom. The van der Waals surface area contributed by atoms with Gasteiger partial charge in [-0.2, -0.15) is 0 Å². The molecule has 0 heterocycles. The topological polar surface area (TPSA) is 18.5 Å². The number of hydrogen-bond acceptors (Lipinski definition) is 2. The van der Waals surface area contributed by atoms with Crippen molar-refractivity contribution < 1.29 is 8.85 Å². The summed E-state index contributed by atoms with van der Waals surface area (Å²) in [6.07, 6.45) is 0. The molecule has 0 aliphatic heterocycles. The second-order valence-corrected chi connectivity index (χ2v) is 36.4. The normalized spacial score (nSPS) is 22.1. The van der Waals surface area contributed by atoms with E-state index in [1.165, 1.54) is 0 Å². The van der Waals surface area contributed by atoms with Crippen LogP contribution < -0.4 is 0 Å². The van der Waals surface area contributed by atoms with Gasteiger partial charge in [0.2, 0.25) is 0 Å². The molecule has 2 nitrogen and oxygen atoms in total. The Kier molecular flexibility index (Phi) is 2.71. The van der Waals surface area contributed by atoms with Gasteiger partial charge in [-0.3, -0.25) is 0 Å². The third-order valence-corrected chi connectivity index (χ3v) is 31.0. The molecule has 0 aromatic heterocycles. The van der Waals surface area contributed by atoms with E-state index in [2.05, 4.69) is 40.4 Å². The van der Waals surface area contributed by atoms with Gasteiger partial charge < -0.3 is 8.85 Å². The Labute approximate surface area is 399 Å². The fourth-order valence-electron chi connectivity index (χ4n) is 25.5. The van der Waals surface area contributed by atoms with E-state index in [4.69, 9.17) is 8.85 Å². The van der Waals surface area contributed by atoms with Crippen LogP contribution in [-0.4, -0.2) is 30.9 Å². The lowest BCUT2D eigenvalue weighted by atomic mass is 9.55. The summed E-state index contributed by atoms with van der Waals surface area (Å²) in [7, 11) is -0.561. The molecule has 0 spiro atoms. The molecule has 2 unspecified atom stereocenters. The lowest BCUT2D eigenvalue weighted by Crippen LogP contribution is -2.49. The summed E-state index contributed by atoms with van der Waals surface area (Å²) in [6.45, 7) is 10.3. The van der Waals surface area contributed by atoms with Crippen molar-refractivity contribution in [1.82, 2.24) is 0 Å². The number of rotatable bonds is 6. The molecule has 0 fully saturated rings. The van der Waals surface area contributed by atoms with E-state index in [0.29, 0.717) is 0 Å². The summed E-state index contributed by atoms with van der Waals surface area (Å²) in [5.74, 6) is 0. The predicted octanol–water partition coefficient (Wildman–Crippen LogP) is 18.7. The lowest BCUT2D eigenvalue weighted by molar-refractivity contribution is 0.389. The van der Waals surface area contributed by atoms with E-state index in [-0.39, 0.29) is 10.8 Å². The predicted molar refractivity (Wildman–Crippen MR) is 311 cm³/mol. The molecule has 5 aliphatic rings. The zero-order valence-electron chi connectivity index (χ0n) is 39.2. The Hall–Kier alpha value is -7.19. The van der Waals surface area contributed by atoms with Gasteiger partial charge in [0.1, 0.15) is 0 Å². The van der Waals surface area contributed by atoms with E-state index in [1.807, 2.05) is 0 Å². The molecular weight excluding hydrogens is 905 g/mol. The van der Waals surface area contributed by atoms with Crippen molar-refractivity contribution >= 4 is 297 Å². The molecule has 27 aromatic carbocycles. The summed E-state index contributed by atoms with van der Waals surface area (Å²) in [5, 5.41) is 86.5. The van der Waals surface area contributed by atoms with Gasteiger partial charge in [-0.05, 0) is 352 Å². The third-order valence-electron chi connectivity index (χ3n) is 26.0. The molecular formula is C68H22O2Si2. The summed E-state index contributed by atoms with van der Waals surface area (Å²) in [6, 6.07) is 2.16. The maximum Gasteiger partial charge on any atom is 0.187 e. The quantitative estimate of drug-likeness (QED) is 0.122. The Bertz CT molecular complexity index is 6880. The average molecular weight is 927 g/mol. The highest BCUT2D eigenvalue weighted by Gasteiger charge is 2.68. The first-order chi connectivity index (χ1) is 35.3. The lowest BCUT2D eigenvalue weighted by Gasteiger charge is -2.51. The van der Waals surface area contributed by atoms with Crippen molar-refractivity contribution in [2.75, 3.05) is 14.2 Å². The second kappa shape index (κ2) is 6.63. The van der Waals surface area contributed by atoms with Crippen LogP contribution in [0.15, 0.2) is 0 Å². The van der Waals surface area contributed by atoms with Crippen LogP contribution in [-0.2, 0) is 19.7 Å². The second-order valence-electron chi connectivity index (χ2n) is 27.8. The molecule has 0 amide bonds. The van der Waals surface area contributed by atoms with E-state index in [9.17, 15) is 0 Å². The van der Waals surface area contributed by atoms with Gasteiger partial charge >= 0.3 is 0 Å². The number of benzene rings is 17. The van der Waals surface area contributed by atoms with Crippen molar-refractivity contribution in [3.8, 4) is 0 Å². The van der Waals surface area contributed by atoms with Crippen LogP contribution in [0, 0.1) is 0 Å². The molecule has 0 saturated carbocycles. The highest BCUT2D eigenvalue weighted by molar-refractivity contribution is 6.82. The zero-order valence-corrected chi connectivity index (χ0v) is 41.2. The smallest absolute Gasteiger partial charge is 0.187 e. The molecule has 27 aromatic rings. The molecule has 0 bridgehead atoms. The van der Waals surface area contributed by atoms with Crippen LogP contribution in [0.5, 0.6) is 0 Å². The summed E-state index contributed by atoms with van der Waals surface area (Å²) < 4.78 is 14.2. The third kappa shape index (κ3) is 1.64. The summed E-state index contributed by atoms with van der Waals surface area (Å²) in [5.41, 5.74) is 9.90. The highest BCUT2D eigenvalue weighted by atomic mass is 28.4. The van der Waals surface area contributed by atoms with E-state index in [0.717, 1.165) is 12.1 Å². The van der Waals surface area contributed by atoms with Gasteiger partial charge in [-0.25, -0.2) is 0 Å². The van der Waals surface area contributed by atoms with Gasteiger partial charge in [0.25, 0.3) is 0 Å². The highest BCUT2D eigenvalue weighted by Crippen LogP contribution is 2.85. The van der Waals surface area contributed by atoms with Crippen molar-refractivity contribution in [2.45, 2.75) is 49.1 Å². The summed E-state index contributed by atoms with van der Waals surface area (Å²) in [4.78, 5) is 0. The van der Waals surface area contributed by atoms with Crippen LogP contribution in [0.2, 0.25) is 38.3 Å². The van der Waals surface area contributed by atoms with E-state index in [1.54, 1.807) is 313 Å². The SMILES string of the molecule is CO[Si](C)(C)CC12c3c4c5c6c7c8c9c%10c(c1c1c%11c2c2c%12c3c5c3c5c%12c%12c2c2c%11c%11c%13c1c%10c1c%10c9c9c7c7c6c3c3c5c5c%12c6c2c%11c2c(c%131)c1c%10c9c9c7c3c3c9c1c2c6c53)C48C[Si](C)(C)OC. The molecule has 72 heavy (non-hydrogen) atoms. The van der Waals surface area contributed by atoms with Crippen molar-refractivity contribution in [2.24, 2.45) is 0 Å². The first-order valence-corrected chi connectivity index (χ1v) is 33.4. The van der Waals surface area contributed by atoms with E-state index >= 15 is 0 Å². The van der Waals surface area contributed by atoms with Crippen LogP contribution in [0.25, 0.3) is 280 Å². The first-order valence-electron chi connectivity index (χ1n) is 27.1. The molecule has 0 N–H and O–H groups in total.